The van der Waals surface area contributed by atoms with Crippen LogP contribution in [0, 0.1) is 5.82 Å². The average molecular weight is 289 g/mol. The normalized spacial score (nSPS) is 12.3. The first kappa shape index (κ1) is 15.8. The van der Waals surface area contributed by atoms with Gasteiger partial charge in [-0.1, -0.05) is 0 Å². The minimum atomic E-state index is -3.17. The van der Waals surface area contributed by atoms with E-state index in [4.69, 9.17) is 4.74 Å². The molecule has 1 rings (SSSR count). The van der Waals surface area contributed by atoms with Gasteiger partial charge in [0.25, 0.3) is 0 Å². The van der Waals surface area contributed by atoms with Crippen LogP contribution in [0.5, 0.6) is 5.75 Å². The largest absolute Gasteiger partial charge is 0.494 e. The van der Waals surface area contributed by atoms with E-state index in [2.05, 4.69) is 5.32 Å². The summed E-state index contributed by atoms with van der Waals surface area (Å²) >= 11 is 0. The van der Waals surface area contributed by atoms with Crippen molar-refractivity contribution in [2.75, 3.05) is 24.7 Å². The predicted octanol–water partition coefficient (Wildman–Crippen LogP) is 2.46. The van der Waals surface area contributed by atoms with Crippen LogP contribution in [-0.2, 0) is 9.84 Å². The number of sulfone groups is 1. The van der Waals surface area contributed by atoms with Gasteiger partial charge in [-0.2, -0.15) is 0 Å². The molecule has 1 N–H and O–H groups in total. The Morgan fingerprint density at radius 2 is 1.95 bits per heavy atom. The molecule has 4 nitrogen and oxygen atoms in total. The molecule has 0 aromatic heterocycles. The fourth-order valence-corrected chi connectivity index (χ4v) is 2.42. The molecule has 0 amide bonds. The molecule has 0 saturated carbocycles. The third-order valence-electron chi connectivity index (χ3n) is 2.78. The molecule has 19 heavy (non-hydrogen) atoms. The highest BCUT2D eigenvalue weighted by Crippen LogP contribution is 2.25. The van der Waals surface area contributed by atoms with Gasteiger partial charge in [0.2, 0.25) is 0 Å². The first-order valence-electron chi connectivity index (χ1n) is 5.97. The second-order valence-corrected chi connectivity index (χ2v) is 8.07. The van der Waals surface area contributed by atoms with E-state index in [1.165, 1.54) is 25.3 Å². The van der Waals surface area contributed by atoms with Crippen molar-refractivity contribution in [3.8, 4) is 5.75 Å². The van der Waals surface area contributed by atoms with Crippen LogP contribution in [0.4, 0.5) is 10.1 Å². The topological polar surface area (TPSA) is 55.4 Å². The molecule has 108 valence electrons. The molecule has 0 bridgehead atoms. The lowest BCUT2D eigenvalue weighted by molar-refractivity contribution is 0.413. The lowest BCUT2D eigenvalue weighted by Crippen LogP contribution is -2.32. The highest BCUT2D eigenvalue weighted by Gasteiger charge is 2.28. The Kier molecular flexibility index (Phi) is 4.79. The fourth-order valence-electron chi connectivity index (χ4n) is 1.44. The van der Waals surface area contributed by atoms with E-state index in [1.54, 1.807) is 20.8 Å². The van der Waals surface area contributed by atoms with Crippen molar-refractivity contribution in [3.05, 3.63) is 24.0 Å². The van der Waals surface area contributed by atoms with E-state index in [0.717, 1.165) is 0 Å². The van der Waals surface area contributed by atoms with Gasteiger partial charge in [0, 0.05) is 12.6 Å². The van der Waals surface area contributed by atoms with Crippen LogP contribution >= 0.6 is 0 Å². The molecule has 0 fully saturated rings. The molecule has 0 heterocycles. The van der Waals surface area contributed by atoms with Crippen molar-refractivity contribution >= 4 is 15.5 Å². The standard InChI is InChI=1S/C13H20FNO3S/c1-13(2,3)19(16,17)8-7-15-11-6-5-10(14)9-12(11)18-4/h5-6,9,15H,7-8H2,1-4H3. The van der Waals surface area contributed by atoms with E-state index in [0.29, 0.717) is 11.4 Å². The summed E-state index contributed by atoms with van der Waals surface area (Å²) in [6, 6.07) is 4.07. The Hall–Kier alpha value is -1.30. The minimum absolute atomic E-state index is 0.0109. The Bertz CT molecular complexity index is 535. The molecule has 0 aliphatic rings. The first-order chi connectivity index (χ1) is 8.67. The van der Waals surface area contributed by atoms with Crippen molar-refractivity contribution in [1.29, 1.82) is 0 Å². The second-order valence-electron chi connectivity index (χ2n) is 5.20. The summed E-state index contributed by atoms with van der Waals surface area (Å²) in [7, 11) is -1.74. The summed E-state index contributed by atoms with van der Waals surface area (Å²) in [5.74, 6) is -0.0327. The Morgan fingerprint density at radius 1 is 1.32 bits per heavy atom. The van der Waals surface area contributed by atoms with Gasteiger partial charge in [-0.05, 0) is 32.9 Å². The number of hydrogen-bond donors (Lipinski definition) is 1. The lowest BCUT2D eigenvalue weighted by atomic mass is 10.3. The van der Waals surface area contributed by atoms with Crippen molar-refractivity contribution in [2.45, 2.75) is 25.5 Å². The van der Waals surface area contributed by atoms with E-state index in [1.807, 2.05) is 0 Å². The van der Waals surface area contributed by atoms with E-state index in [9.17, 15) is 12.8 Å². The van der Waals surface area contributed by atoms with Gasteiger partial charge in [-0.15, -0.1) is 0 Å². The average Bonchev–Trinajstić information content (AvgIpc) is 2.29. The number of hydrogen-bond acceptors (Lipinski definition) is 4. The smallest absolute Gasteiger partial charge is 0.156 e. The molecule has 0 radical (unpaired) electrons. The maximum absolute atomic E-state index is 13.0. The Labute approximate surface area is 113 Å². The van der Waals surface area contributed by atoms with Gasteiger partial charge in [-0.3, -0.25) is 0 Å². The van der Waals surface area contributed by atoms with Gasteiger partial charge in [0.15, 0.2) is 9.84 Å². The number of halogens is 1. The molecule has 0 saturated heterocycles. The predicted molar refractivity (Wildman–Crippen MR) is 75.0 cm³/mol. The fraction of sp³-hybridized carbons (Fsp3) is 0.538. The molecule has 0 aliphatic heterocycles. The van der Waals surface area contributed by atoms with Gasteiger partial charge < -0.3 is 10.1 Å². The SMILES string of the molecule is COc1cc(F)ccc1NCCS(=O)(=O)C(C)(C)C. The summed E-state index contributed by atoms with van der Waals surface area (Å²) in [5.41, 5.74) is 0.577. The second kappa shape index (κ2) is 5.77. The van der Waals surface area contributed by atoms with Gasteiger partial charge in [-0.25, -0.2) is 12.8 Å². The highest BCUT2D eigenvalue weighted by molar-refractivity contribution is 7.92. The zero-order valence-electron chi connectivity index (χ0n) is 11.7. The van der Waals surface area contributed by atoms with E-state index in [-0.39, 0.29) is 12.3 Å². The summed E-state index contributed by atoms with van der Waals surface area (Å²) in [6.45, 7) is 5.25. The molecule has 6 heteroatoms. The lowest BCUT2D eigenvalue weighted by Gasteiger charge is -2.19. The molecular formula is C13H20FNO3S. The number of rotatable bonds is 5. The number of ether oxygens (including phenoxy) is 1. The monoisotopic (exact) mass is 289 g/mol. The Morgan fingerprint density at radius 3 is 2.47 bits per heavy atom. The maximum Gasteiger partial charge on any atom is 0.156 e. The zero-order chi connectivity index (χ0) is 14.7. The summed E-state index contributed by atoms with van der Waals surface area (Å²) in [6.07, 6.45) is 0. The zero-order valence-corrected chi connectivity index (χ0v) is 12.5. The Balaban J connectivity index is 2.69. The van der Waals surface area contributed by atoms with Crippen LogP contribution in [-0.4, -0.2) is 32.6 Å². The van der Waals surface area contributed by atoms with Crippen LogP contribution < -0.4 is 10.1 Å². The van der Waals surface area contributed by atoms with Crippen molar-refractivity contribution < 1.29 is 17.5 Å². The minimum Gasteiger partial charge on any atom is -0.494 e. The summed E-state index contributed by atoms with van der Waals surface area (Å²) in [5, 5.41) is 2.95. The molecule has 1 aromatic rings. The molecule has 0 spiro atoms. The maximum atomic E-state index is 13.0. The molecule has 0 aliphatic carbocycles. The number of methoxy groups -OCH3 is 1. The van der Waals surface area contributed by atoms with Gasteiger partial charge in [0.05, 0.1) is 23.3 Å². The third-order valence-corrected chi connectivity index (χ3v) is 5.39. The number of benzene rings is 1. The van der Waals surface area contributed by atoms with E-state index < -0.39 is 20.4 Å². The van der Waals surface area contributed by atoms with E-state index >= 15 is 0 Å². The number of nitrogens with one attached hydrogen (secondary N) is 1. The first-order valence-corrected chi connectivity index (χ1v) is 7.62. The molecule has 0 unspecified atom stereocenters. The van der Waals surface area contributed by atoms with Crippen molar-refractivity contribution in [2.24, 2.45) is 0 Å². The number of anilines is 1. The van der Waals surface area contributed by atoms with Crippen LogP contribution in [0.2, 0.25) is 0 Å². The van der Waals surface area contributed by atoms with Crippen LogP contribution in [0.25, 0.3) is 0 Å². The summed E-state index contributed by atoms with van der Waals surface area (Å²) in [4.78, 5) is 0. The third kappa shape index (κ3) is 4.09. The van der Waals surface area contributed by atoms with Crippen molar-refractivity contribution in [1.82, 2.24) is 0 Å². The molecule has 1 aromatic carbocycles. The van der Waals surface area contributed by atoms with Crippen LogP contribution in [0.3, 0.4) is 0 Å². The quantitative estimate of drug-likeness (QED) is 0.904. The molecular weight excluding hydrogens is 269 g/mol. The molecule has 0 atom stereocenters. The van der Waals surface area contributed by atoms with Gasteiger partial charge in [0.1, 0.15) is 11.6 Å². The summed E-state index contributed by atoms with van der Waals surface area (Å²) < 4.78 is 41.1. The van der Waals surface area contributed by atoms with Crippen LogP contribution in [0.15, 0.2) is 18.2 Å². The highest BCUT2D eigenvalue weighted by atomic mass is 32.2. The van der Waals surface area contributed by atoms with Crippen LogP contribution in [0.1, 0.15) is 20.8 Å². The van der Waals surface area contributed by atoms with Crippen molar-refractivity contribution in [3.63, 3.8) is 0 Å². The van der Waals surface area contributed by atoms with Gasteiger partial charge >= 0.3 is 0 Å².